The van der Waals surface area contributed by atoms with Crippen molar-refractivity contribution in [2.24, 2.45) is 0 Å². The Bertz CT molecular complexity index is 929. The molecule has 0 aromatic heterocycles. The lowest BCUT2D eigenvalue weighted by molar-refractivity contribution is 0.0476. The zero-order valence-corrected chi connectivity index (χ0v) is 19.3. The number of hydrogen-bond acceptors (Lipinski definition) is 6. The number of rotatable bonds is 8. The predicted octanol–water partition coefficient (Wildman–Crippen LogP) is 3.41. The van der Waals surface area contributed by atoms with Crippen LogP contribution in [0.15, 0.2) is 61.2 Å². The van der Waals surface area contributed by atoms with E-state index in [1.807, 2.05) is 30.3 Å². The SMILES string of the molecule is C=CCN1C2CCC1CN(C(c1ccc(C(O)NN3CCCC3)cc1)c1cccc(O)c1)C2. The van der Waals surface area contributed by atoms with Crippen LogP contribution in [0.3, 0.4) is 0 Å². The lowest BCUT2D eigenvalue weighted by Gasteiger charge is -2.44. The summed E-state index contributed by atoms with van der Waals surface area (Å²) in [6, 6.07) is 17.2. The number of nitrogens with zero attached hydrogens (tertiary/aromatic N) is 3. The van der Waals surface area contributed by atoms with E-state index in [-0.39, 0.29) is 6.04 Å². The van der Waals surface area contributed by atoms with Crippen LogP contribution in [0.5, 0.6) is 5.75 Å². The fourth-order valence-electron chi connectivity index (χ4n) is 5.94. The van der Waals surface area contributed by atoms with E-state index in [1.165, 1.54) is 31.2 Å². The van der Waals surface area contributed by atoms with Crippen LogP contribution in [-0.2, 0) is 0 Å². The fourth-order valence-corrected chi connectivity index (χ4v) is 5.94. The molecule has 176 valence electrons. The second-order valence-electron chi connectivity index (χ2n) is 9.71. The Morgan fingerprint density at radius 1 is 0.970 bits per heavy atom. The summed E-state index contributed by atoms with van der Waals surface area (Å²) in [5.74, 6) is 0.299. The van der Waals surface area contributed by atoms with Crippen molar-refractivity contribution in [3.05, 3.63) is 77.9 Å². The van der Waals surface area contributed by atoms with E-state index in [0.29, 0.717) is 17.8 Å². The summed E-state index contributed by atoms with van der Waals surface area (Å²) in [4.78, 5) is 5.18. The largest absolute Gasteiger partial charge is 0.508 e. The molecule has 0 spiro atoms. The standard InChI is InChI=1S/C27H36N4O2/c1-2-14-31-23-12-13-24(31)19-29(18-23)26(22-6-5-7-25(32)17-22)20-8-10-21(11-9-20)27(33)28-30-15-3-4-16-30/h2,5-11,17,23-24,26-28,32-33H,1,3-4,12-16,18-19H2. The molecule has 0 radical (unpaired) electrons. The highest BCUT2D eigenvalue weighted by molar-refractivity contribution is 5.38. The summed E-state index contributed by atoms with van der Waals surface area (Å²) in [6.07, 6.45) is 6.13. The number of nitrogens with one attached hydrogen (secondary N) is 1. The van der Waals surface area contributed by atoms with Crippen LogP contribution >= 0.6 is 0 Å². The zero-order chi connectivity index (χ0) is 22.8. The van der Waals surface area contributed by atoms with Gasteiger partial charge in [-0.05, 0) is 54.5 Å². The smallest absolute Gasteiger partial charge is 0.143 e. The third kappa shape index (κ3) is 4.86. The number of hydrazine groups is 1. The second kappa shape index (κ2) is 9.95. The summed E-state index contributed by atoms with van der Waals surface area (Å²) in [5.41, 5.74) is 6.38. The van der Waals surface area contributed by atoms with Gasteiger partial charge in [-0.2, -0.15) is 0 Å². The molecule has 5 rings (SSSR count). The first-order valence-electron chi connectivity index (χ1n) is 12.3. The first-order chi connectivity index (χ1) is 16.1. The lowest BCUT2D eigenvalue weighted by Crippen LogP contribution is -2.54. The summed E-state index contributed by atoms with van der Waals surface area (Å²) in [6.45, 7) is 8.88. The van der Waals surface area contributed by atoms with Gasteiger partial charge in [0.25, 0.3) is 0 Å². The molecule has 2 aromatic carbocycles. The summed E-state index contributed by atoms with van der Waals surface area (Å²) in [5, 5.41) is 23.0. The maximum atomic E-state index is 10.7. The van der Waals surface area contributed by atoms with E-state index < -0.39 is 6.23 Å². The maximum absolute atomic E-state index is 10.7. The molecule has 6 nitrogen and oxygen atoms in total. The van der Waals surface area contributed by atoms with Gasteiger partial charge in [-0.25, -0.2) is 10.4 Å². The van der Waals surface area contributed by atoms with Crippen molar-refractivity contribution in [2.75, 3.05) is 32.7 Å². The van der Waals surface area contributed by atoms with Crippen LogP contribution in [0, 0.1) is 0 Å². The summed E-state index contributed by atoms with van der Waals surface area (Å²) in [7, 11) is 0. The van der Waals surface area contributed by atoms with Crippen molar-refractivity contribution in [1.82, 2.24) is 20.2 Å². The molecule has 2 aromatic rings. The van der Waals surface area contributed by atoms with Gasteiger partial charge in [0.15, 0.2) is 0 Å². The van der Waals surface area contributed by atoms with Crippen molar-refractivity contribution >= 4 is 0 Å². The molecule has 3 saturated heterocycles. The maximum Gasteiger partial charge on any atom is 0.143 e. The van der Waals surface area contributed by atoms with E-state index in [0.717, 1.165) is 43.9 Å². The molecule has 0 aliphatic carbocycles. The third-order valence-electron chi connectivity index (χ3n) is 7.53. The summed E-state index contributed by atoms with van der Waals surface area (Å²) >= 11 is 0. The molecule has 0 saturated carbocycles. The number of phenols is 1. The van der Waals surface area contributed by atoms with Crippen LogP contribution in [0.4, 0.5) is 0 Å². The first-order valence-corrected chi connectivity index (χ1v) is 12.3. The van der Waals surface area contributed by atoms with E-state index in [1.54, 1.807) is 6.07 Å². The Morgan fingerprint density at radius 2 is 1.64 bits per heavy atom. The predicted molar refractivity (Wildman–Crippen MR) is 131 cm³/mol. The number of likely N-dealkylation sites (tertiary alicyclic amines) is 1. The number of phenolic OH excluding ortho intramolecular Hbond substituents is 1. The molecule has 4 atom stereocenters. The third-order valence-corrected chi connectivity index (χ3v) is 7.53. The number of aliphatic hydroxyl groups excluding tert-OH is 1. The number of benzene rings is 2. The van der Waals surface area contributed by atoms with Gasteiger partial charge in [-0.3, -0.25) is 9.80 Å². The average Bonchev–Trinajstić information content (AvgIpc) is 3.40. The fraction of sp³-hybridized carbons (Fsp3) is 0.481. The first kappa shape index (κ1) is 22.6. The van der Waals surface area contributed by atoms with Crippen LogP contribution in [0.25, 0.3) is 0 Å². The molecular formula is C27H36N4O2. The van der Waals surface area contributed by atoms with Gasteiger partial charge < -0.3 is 10.2 Å². The van der Waals surface area contributed by atoms with Gasteiger partial charge in [-0.15, -0.1) is 6.58 Å². The number of aliphatic hydroxyl groups is 1. The van der Waals surface area contributed by atoms with Crippen LogP contribution in [-0.4, -0.2) is 69.8 Å². The number of hydrogen-bond donors (Lipinski definition) is 3. The highest BCUT2D eigenvalue weighted by Gasteiger charge is 2.41. The molecule has 4 unspecified atom stereocenters. The highest BCUT2D eigenvalue weighted by atomic mass is 16.3. The Morgan fingerprint density at radius 3 is 2.27 bits per heavy atom. The molecule has 3 aliphatic rings. The van der Waals surface area contributed by atoms with E-state index >= 15 is 0 Å². The Balaban J connectivity index is 1.39. The minimum atomic E-state index is -0.699. The van der Waals surface area contributed by atoms with Gasteiger partial charge in [0, 0.05) is 44.8 Å². The molecule has 2 bridgehead atoms. The normalized spacial score (nSPS) is 25.8. The van der Waals surface area contributed by atoms with Crippen molar-refractivity contribution in [2.45, 2.75) is 50.0 Å². The zero-order valence-electron chi connectivity index (χ0n) is 19.3. The van der Waals surface area contributed by atoms with Crippen molar-refractivity contribution in [3.8, 4) is 5.75 Å². The molecule has 3 aliphatic heterocycles. The monoisotopic (exact) mass is 448 g/mol. The average molecular weight is 449 g/mol. The van der Waals surface area contributed by atoms with E-state index in [2.05, 4.69) is 45.0 Å². The quantitative estimate of drug-likeness (QED) is 0.425. The van der Waals surface area contributed by atoms with Gasteiger partial charge in [0.1, 0.15) is 12.0 Å². The lowest BCUT2D eigenvalue weighted by atomic mass is 9.94. The second-order valence-corrected chi connectivity index (χ2v) is 9.71. The molecule has 3 N–H and O–H groups in total. The Labute approximate surface area is 197 Å². The highest BCUT2D eigenvalue weighted by Crippen LogP contribution is 2.38. The van der Waals surface area contributed by atoms with E-state index in [4.69, 9.17) is 0 Å². The number of piperazine rings is 1. The topological polar surface area (TPSA) is 62.2 Å². The minimum absolute atomic E-state index is 0.0730. The number of fused-ring (bicyclic) bond motifs is 2. The van der Waals surface area contributed by atoms with Crippen molar-refractivity contribution < 1.29 is 10.2 Å². The van der Waals surface area contributed by atoms with Crippen LogP contribution in [0.1, 0.15) is 54.6 Å². The van der Waals surface area contributed by atoms with Crippen LogP contribution in [0.2, 0.25) is 0 Å². The molecule has 0 amide bonds. The Hall–Kier alpha value is -2.22. The van der Waals surface area contributed by atoms with Gasteiger partial charge in [0.2, 0.25) is 0 Å². The van der Waals surface area contributed by atoms with Gasteiger partial charge >= 0.3 is 0 Å². The van der Waals surface area contributed by atoms with Gasteiger partial charge in [-0.1, -0.05) is 42.5 Å². The Kier molecular flexibility index (Phi) is 6.81. The molecule has 3 heterocycles. The minimum Gasteiger partial charge on any atom is -0.508 e. The molecule has 33 heavy (non-hydrogen) atoms. The summed E-state index contributed by atoms with van der Waals surface area (Å²) < 4.78 is 0. The molecule has 6 heteroatoms. The van der Waals surface area contributed by atoms with Crippen LogP contribution < -0.4 is 5.43 Å². The van der Waals surface area contributed by atoms with Crippen molar-refractivity contribution in [3.63, 3.8) is 0 Å². The van der Waals surface area contributed by atoms with Crippen molar-refractivity contribution in [1.29, 1.82) is 0 Å². The molecular weight excluding hydrogens is 412 g/mol. The van der Waals surface area contributed by atoms with E-state index in [9.17, 15) is 10.2 Å². The molecule has 3 fully saturated rings. The van der Waals surface area contributed by atoms with Gasteiger partial charge in [0.05, 0.1) is 6.04 Å². The number of aromatic hydroxyl groups is 1.